The van der Waals surface area contributed by atoms with Crippen LogP contribution in [0.3, 0.4) is 0 Å². The van der Waals surface area contributed by atoms with E-state index in [1.807, 2.05) is 0 Å². The van der Waals surface area contributed by atoms with Gasteiger partial charge < -0.3 is 14.6 Å². The Hall–Kier alpha value is -1.26. The Labute approximate surface area is 95.1 Å². The Morgan fingerprint density at radius 2 is 2.18 bits per heavy atom. The number of esters is 2. The maximum Gasteiger partial charge on any atom is 0.362 e. The van der Waals surface area contributed by atoms with Gasteiger partial charge in [0.2, 0.25) is 0 Å². The molecule has 10 heteroatoms. The molecule has 0 aromatic rings. The first-order chi connectivity index (χ1) is 7.57. The Bertz CT molecular complexity index is 441. The molecule has 0 aliphatic carbocycles. The van der Waals surface area contributed by atoms with Gasteiger partial charge in [-0.3, -0.25) is 4.55 Å². The summed E-state index contributed by atoms with van der Waals surface area (Å²) in [5.74, 6) is -3.02. The highest BCUT2D eigenvalue weighted by Crippen LogP contribution is 2.22. The zero-order valence-electron chi connectivity index (χ0n) is 8.49. The molecular weight excluding hydrogens is 263 g/mol. The monoisotopic (exact) mass is 272 g/mol. The number of halogens is 1. The number of ether oxygens (including phenoxy) is 2. The van der Waals surface area contributed by atoms with Gasteiger partial charge in [0.15, 0.2) is 12.2 Å². The molecule has 0 radical (unpaired) electrons. The molecule has 8 nitrogen and oxygen atoms in total. The third-order valence-corrected chi connectivity index (χ3v) is 3.23. The van der Waals surface area contributed by atoms with Gasteiger partial charge in [0.25, 0.3) is 0 Å². The summed E-state index contributed by atoms with van der Waals surface area (Å²) in [6.45, 7) is -0.248. The molecule has 98 valence electrons. The molecule has 1 aliphatic rings. The maximum atomic E-state index is 13.3. The van der Waals surface area contributed by atoms with Crippen LogP contribution in [0, 0.1) is 0 Å². The van der Waals surface area contributed by atoms with Crippen molar-refractivity contribution in [3.05, 3.63) is 0 Å². The Balaban J connectivity index is 2.78. The first-order valence-corrected chi connectivity index (χ1v) is 5.73. The SMILES string of the molecule is CC(F)(C(=O)OC1COC(=O)C1O)S(=O)(=O)O. The van der Waals surface area contributed by atoms with Crippen LogP contribution in [0.1, 0.15) is 6.92 Å². The summed E-state index contributed by atoms with van der Waals surface area (Å²) in [4.78, 5) is 21.8. The second kappa shape index (κ2) is 4.20. The first-order valence-electron chi connectivity index (χ1n) is 4.29. The summed E-state index contributed by atoms with van der Waals surface area (Å²) in [6, 6.07) is 0. The van der Waals surface area contributed by atoms with Crippen molar-refractivity contribution >= 4 is 22.1 Å². The van der Waals surface area contributed by atoms with Crippen LogP contribution in [0.15, 0.2) is 0 Å². The van der Waals surface area contributed by atoms with E-state index in [1.165, 1.54) is 0 Å². The summed E-state index contributed by atoms with van der Waals surface area (Å²) in [7, 11) is -5.32. The van der Waals surface area contributed by atoms with Gasteiger partial charge in [0.1, 0.15) is 6.61 Å². The summed E-state index contributed by atoms with van der Waals surface area (Å²) >= 11 is 0. The summed E-state index contributed by atoms with van der Waals surface area (Å²) in [6.07, 6.45) is -3.32. The Kier molecular flexibility index (Phi) is 3.41. The predicted molar refractivity (Wildman–Crippen MR) is 47.9 cm³/mol. The van der Waals surface area contributed by atoms with Crippen molar-refractivity contribution < 1.29 is 41.5 Å². The van der Waals surface area contributed by atoms with Crippen LogP contribution in [-0.2, 0) is 29.2 Å². The number of alkyl halides is 1. The van der Waals surface area contributed by atoms with Crippen molar-refractivity contribution in [1.82, 2.24) is 0 Å². The zero-order chi connectivity index (χ0) is 13.4. The van der Waals surface area contributed by atoms with Crippen molar-refractivity contribution in [3.63, 3.8) is 0 Å². The molecule has 0 saturated carbocycles. The molecule has 0 amide bonds. The van der Waals surface area contributed by atoms with E-state index in [1.54, 1.807) is 0 Å². The van der Waals surface area contributed by atoms with E-state index < -0.39 is 45.9 Å². The molecule has 1 heterocycles. The van der Waals surface area contributed by atoms with Crippen LogP contribution in [0.4, 0.5) is 4.39 Å². The average molecular weight is 272 g/mol. The van der Waals surface area contributed by atoms with E-state index >= 15 is 0 Å². The number of hydrogen-bond acceptors (Lipinski definition) is 7. The highest BCUT2D eigenvalue weighted by molar-refractivity contribution is 7.87. The molecule has 3 unspecified atom stereocenters. The molecule has 3 atom stereocenters. The zero-order valence-corrected chi connectivity index (χ0v) is 9.31. The van der Waals surface area contributed by atoms with Crippen LogP contribution in [0.5, 0.6) is 0 Å². The normalized spacial score (nSPS) is 28.4. The fourth-order valence-corrected chi connectivity index (χ4v) is 1.20. The number of aliphatic hydroxyl groups excluding tert-OH is 1. The van der Waals surface area contributed by atoms with Gasteiger partial charge in [-0.25, -0.2) is 14.0 Å². The third kappa shape index (κ3) is 2.53. The summed E-state index contributed by atoms with van der Waals surface area (Å²) < 4.78 is 51.4. The quantitative estimate of drug-likeness (QED) is 0.464. The van der Waals surface area contributed by atoms with Crippen LogP contribution < -0.4 is 0 Å². The molecule has 2 N–H and O–H groups in total. The molecule has 0 aromatic carbocycles. The molecule has 0 aromatic heterocycles. The lowest BCUT2D eigenvalue weighted by Gasteiger charge is -2.18. The van der Waals surface area contributed by atoms with E-state index in [-0.39, 0.29) is 6.92 Å². The third-order valence-electron chi connectivity index (χ3n) is 2.09. The number of hydrogen-bond donors (Lipinski definition) is 2. The minimum absolute atomic E-state index is 0.272. The van der Waals surface area contributed by atoms with Crippen molar-refractivity contribution in [1.29, 1.82) is 0 Å². The molecule has 0 bridgehead atoms. The van der Waals surface area contributed by atoms with E-state index in [9.17, 15) is 22.4 Å². The lowest BCUT2D eigenvalue weighted by molar-refractivity contribution is -0.161. The van der Waals surface area contributed by atoms with Crippen LogP contribution >= 0.6 is 0 Å². The summed E-state index contributed by atoms with van der Waals surface area (Å²) in [5.41, 5.74) is 0. The molecule has 0 spiro atoms. The highest BCUT2D eigenvalue weighted by Gasteiger charge is 2.51. The second-order valence-corrected chi connectivity index (χ2v) is 5.13. The van der Waals surface area contributed by atoms with Crippen LogP contribution in [-0.4, -0.2) is 53.8 Å². The van der Waals surface area contributed by atoms with Crippen molar-refractivity contribution in [2.75, 3.05) is 6.61 Å². The van der Waals surface area contributed by atoms with Crippen molar-refractivity contribution in [2.24, 2.45) is 0 Å². The van der Waals surface area contributed by atoms with Gasteiger partial charge >= 0.3 is 27.1 Å². The van der Waals surface area contributed by atoms with E-state index in [0.29, 0.717) is 0 Å². The van der Waals surface area contributed by atoms with Crippen LogP contribution in [0.25, 0.3) is 0 Å². The number of aliphatic hydroxyl groups is 1. The van der Waals surface area contributed by atoms with Gasteiger partial charge in [-0.2, -0.15) is 8.42 Å². The average Bonchev–Trinajstić information content (AvgIpc) is 2.47. The standard InChI is InChI=1S/C7H9FO8S/c1-7(8,17(12,13)14)6(11)16-3-2-15-5(10)4(3)9/h3-4,9H,2H2,1H3,(H,12,13,14). The van der Waals surface area contributed by atoms with Gasteiger partial charge in [-0.1, -0.05) is 0 Å². The van der Waals surface area contributed by atoms with Gasteiger partial charge in [-0.05, 0) is 6.92 Å². The van der Waals surface area contributed by atoms with E-state index in [4.69, 9.17) is 9.66 Å². The molecule has 1 fully saturated rings. The predicted octanol–water partition coefficient (Wildman–Crippen LogP) is -1.61. The topological polar surface area (TPSA) is 127 Å². The maximum absolute atomic E-state index is 13.3. The van der Waals surface area contributed by atoms with Crippen LogP contribution in [0.2, 0.25) is 0 Å². The minimum Gasteiger partial charge on any atom is -0.460 e. The molecule has 1 aliphatic heterocycles. The van der Waals surface area contributed by atoms with Crippen molar-refractivity contribution in [2.45, 2.75) is 24.1 Å². The number of carbonyl (C=O) groups is 2. The Morgan fingerprint density at radius 1 is 1.65 bits per heavy atom. The molecular formula is C7H9FO8S. The first kappa shape index (κ1) is 13.8. The fourth-order valence-electron chi connectivity index (χ4n) is 0.939. The van der Waals surface area contributed by atoms with Crippen molar-refractivity contribution in [3.8, 4) is 0 Å². The van der Waals surface area contributed by atoms with Gasteiger partial charge in [0.05, 0.1) is 0 Å². The fraction of sp³-hybridized carbons (Fsp3) is 0.714. The lowest BCUT2D eigenvalue weighted by atomic mass is 10.2. The largest absolute Gasteiger partial charge is 0.460 e. The second-order valence-electron chi connectivity index (χ2n) is 3.41. The van der Waals surface area contributed by atoms with Gasteiger partial charge in [-0.15, -0.1) is 0 Å². The number of carbonyl (C=O) groups excluding carboxylic acids is 2. The number of rotatable bonds is 3. The molecule has 1 saturated heterocycles. The minimum atomic E-state index is -5.32. The number of cyclic esters (lactones) is 1. The molecule has 1 rings (SSSR count). The Morgan fingerprint density at radius 3 is 2.53 bits per heavy atom. The smallest absolute Gasteiger partial charge is 0.362 e. The summed E-state index contributed by atoms with van der Waals surface area (Å²) in [5, 5.41) is 5.41. The molecule has 17 heavy (non-hydrogen) atoms. The lowest BCUT2D eigenvalue weighted by Crippen LogP contribution is -2.44. The van der Waals surface area contributed by atoms with Gasteiger partial charge in [0, 0.05) is 0 Å². The van der Waals surface area contributed by atoms with E-state index in [2.05, 4.69) is 9.47 Å². The van der Waals surface area contributed by atoms with E-state index in [0.717, 1.165) is 0 Å². The highest BCUT2D eigenvalue weighted by atomic mass is 32.2.